The van der Waals surface area contributed by atoms with E-state index in [1.807, 2.05) is 0 Å². The molecule has 74 valence electrons. The molecule has 0 saturated heterocycles. The molecule has 0 spiro atoms. The molecule has 0 amide bonds. The second-order valence-electron chi connectivity index (χ2n) is 2.75. The van der Waals surface area contributed by atoms with Crippen LogP contribution in [0.5, 0.6) is 0 Å². The molecular weight excluding hydrogens is 249 g/mol. The number of thiophene rings is 1. The zero-order valence-corrected chi connectivity index (χ0v) is 9.06. The molecule has 0 unspecified atom stereocenters. The van der Waals surface area contributed by atoms with Gasteiger partial charge in [-0.05, 0) is 12.1 Å². The molecule has 0 fully saturated rings. The lowest BCUT2D eigenvalue weighted by molar-refractivity contribution is 0.153. The predicted octanol–water partition coefficient (Wildman–Crippen LogP) is 5.15. The van der Waals surface area contributed by atoms with E-state index < -0.39 is 6.43 Å². The quantitative estimate of drug-likeness (QED) is 0.659. The highest BCUT2D eigenvalue weighted by molar-refractivity contribution is 7.17. The Morgan fingerprint density at radius 2 is 1.93 bits per heavy atom. The van der Waals surface area contributed by atoms with Crippen LogP contribution < -0.4 is 0 Å². The van der Waals surface area contributed by atoms with Crippen LogP contribution in [0.4, 0.5) is 8.78 Å². The van der Waals surface area contributed by atoms with Crippen molar-refractivity contribution in [1.82, 2.24) is 0 Å². The molecule has 2 rings (SSSR count). The summed E-state index contributed by atoms with van der Waals surface area (Å²) in [6, 6.07) is 2.90. The topological polar surface area (TPSA) is 0 Å². The maximum atomic E-state index is 12.6. The maximum absolute atomic E-state index is 12.6. The van der Waals surface area contributed by atoms with Gasteiger partial charge in [-0.25, -0.2) is 8.78 Å². The summed E-state index contributed by atoms with van der Waals surface area (Å²) in [7, 11) is 0. The fourth-order valence-electron chi connectivity index (χ4n) is 1.30. The van der Waals surface area contributed by atoms with E-state index in [1.165, 1.54) is 17.4 Å². The van der Waals surface area contributed by atoms with E-state index in [9.17, 15) is 8.78 Å². The van der Waals surface area contributed by atoms with E-state index in [0.717, 1.165) is 0 Å². The van der Waals surface area contributed by atoms with Gasteiger partial charge in [0.2, 0.25) is 0 Å². The lowest BCUT2D eigenvalue weighted by Crippen LogP contribution is -1.85. The summed E-state index contributed by atoms with van der Waals surface area (Å²) < 4.78 is 25.9. The van der Waals surface area contributed by atoms with Crippen LogP contribution in [0, 0.1) is 0 Å². The van der Waals surface area contributed by atoms with Gasteiger partial charge in [0.15, 0.2) is 0 Å². The van der Waals surface area contributed by atoms with Gasteiger partial charge in [0.05, 0.1) is 5.02 Å². The number of fused-ring (bicyclic) bond motifs is 1. The standard InChI is InChI=1S/C9H4Cl2F2S/c10-4-1-5(9(12)13)8-6(11)3-14-7(8)2-4/h1-3,9H. The third kappa shape index (κ3) is 1.60. The Bertz CT molecular complexity index is 479. The monoisotopic (exact) mass is 252 g/mol. The highest BCUT2D eigenvalue weighted by Crippen LogP contribution is 2.38. The predicted molar refractivity (Wildman–Crippen MR) is 56.8 cm³/mol. The Morgan fingerprint density at radius 3 is 2.57 bits per heavy atom. The first-order chi connectivity index (χ1) is 6.59. The summed E-state index contributed by atoms with van der Waals surface area (Å²) in [6.45, 7) is 0. The third-order valence-electron chi connectivity index (χ3n) is 1.86. The zero-order valence-electron chi connectivity index (χ0n) is 6.73. The van der Waals surface area contributed by atoms with Crippen molar-refractivity contribution in [1.29, 1.82) is 0 Å². The second kappa shape index (κ2) is 3.65. The van der Waals surface area contributed by atoms with Crippen LogP contribution in [-0.2, 0) is 0 Å². The molecule has 0 aliphatic heterocycles. The smallest absolute Gasteiger partial charge is 0.205 e. The molecule has 0 atom stereocenters. The van der Waals surface area contributed by atoms with Crippen LogP contribution in [0.2, 0.25) is 10.0 Å². The number of rotatable bonds is 1. The van der Waals surface area contributed by atoms with E-state index >= 15 is 0 Å². The largest absolute Gasteiger partial charge is 0.264 e. The van der Waals surface area contributed by atoms with E-state index in [0.29, 0.717) is 20.1 Å². The lowest BCUT2D eigenvalue weighted by Gasteiger charge is -2.03. The van der Waals surface area contributed by atoms with Crippen LogP contribution >= 0.6 is 34.5 Å². The zero-order chi connectivity index (χ0) is 10.3. The summed E-state index contributed by atoms with van der Waals surface area (Å²) in [5.41, 5.74) is -0.0984. The first-order valence-electron chi connectivity index (χ1n) is 3.74. The fourth-order valence-corrected chi connectivity index (χ4v) is 2.88. The molecule has 0 radical (unpaired) electrons. The van der Waals surface area contributed by atoms with Crippen molar-refractivity contribution < 1.29 is 8.78 Å². The van der Waals surface area contributed by atoms with Gasteiger partial charge < -0.3 is 0 Å². The van der Waals surface area contributed by atoms with Crippen molar-refractivity contribution in [3.05, 3.63) is 33.1 Å². The highest BCUT2D eigenvalue weighted by Gasteiger charge is 2.16. The molecule has 5 heteroatoms. The summed E-state index contributed by atoms with van der Waals surface area (Å²) in [4.78, 5) is 0. The van der Waals surface area contributed by atoms with Crippen molar-refractivity contribution in [3.63, 3.8) is 0 Å². The summed E-state index contributed by atoms with van der Waals surface area (Å²) in [5.74, 6) is 0. The average molecular weight is 253 g/mol. The van der Waals surface area contributed by atoms with E-state index in [2.05, 4.69) is 0 Å². The number of hydrogen-bond acceptors (Lipinski definition) is 1. The Morgan fingerprint density at radius 1 is 1.21 bits per heavy atom. The van der Waals surface area contributed by atoms with Gasteiger partial charge in [-0.2, -0.15) is 0 Å². The first-order valence-corrected chi connectivity index (χ1v) is 5.37. The first kappa shape index (κ1) is 10.1. The minimum Gasteiger partial charge on any atom is -0.205 e. The molecule has 0 saturated carbocycles. The number of halogens is 4. The lowest BCUT2D eigenvalue weighted by atomic mass is 10.1. The Labute approximate surface area is 93.1 Å². The molecule has 0 nitrogen and oxygen atoms in total. The van der Waals surface area contributed by atoms with E-state index in [4.69, 9.17) is 23.2 Å². The van der Waals surface area contributed by atoms with Crippen LogP contribution in [0.3, 0.4) is 0 Å². The van der Waals surface area contributed by atoms with Crippen molar-refractivity contribution in [3.8, 4) is 0 Å². The Balaban J connectivity index is 2.83. The second-order valence-corrected chi connectivity index (χ2v) is 4.51. The van der Waals surface area contributed by atoms with Crippen molar-refractivity contribution in [2.45, 2.75) is 6.43 Å². The minimum atomic E-state index is -2.55. The summed E-state index contributed by atoms with van der Waals surface area (Å²) >= 11 is 12.8. The van der Waals surface area contributed by atoms with Crippen LogP contribution in [0.25, 0.3) is 10.1 Å². The minimum absolute atomic E-state index is 0.0984. The van der Waals surface area contributed by atoms with Crippen LogP contribution in [0.15, 0.2) is 17.5 Å². The van der Waals surface area contributed by atoms with Crippen molar-refractivity contribution in [2.75, 3.05) is 0 Å². The van der Waals surface area contributed by atoms with Gasteiger partial charge in [0, 0.05) is 26.1 Å². The third-order valence-corrected chi connectivity index (χ3v) is 3.44. The normalized spacial score (nSPS) is 11.5. The Hall–Kier alpha value is -0.380. The van der Waals surface area contributed by atoms with Gasteiger partial charge in [-0.1, -0.05) is 23.2 Å². The van der Waals surface area contributed by atoms with E-state index in [-0.39, 0.29) is 5.56 Å². The van der Waals surface area contributed by atoms with Gasteiger partial charge in [-0.15, -0.1) is 11.3 Å². The van der Waals surface area contributed by atoms with Crippen molar-refractivity contribution in [2.24, 2.45) is 0 Å². The van der Waals surface area contributed by atoms with Crippen LogP contribution in [-0.4, -0.2) is 0 Å². The number of benzene rings is 1. The highest BCUT2D eigenvalue weighted by atomic mass is 35.5. The number of hydrogen-bond donors (Lipinski definition) is 0. The van der Waals surface area contributed by atoms with Gasteiger partial charge in [-0.3, -0.25) is 0 Å². The summed E-state index contributed by atoms with van der Waals surface area (Å²) in [6.07, 6.45) is -2.55. The molecule has 14 heavy (non-hydrogen) atoms. The molecule has 0 N–H and O–H groups in total. The molecule has 0 aliphatic rings. The Kier molecular flexibility index (Phi) is 2.64. The molecule has 1 aromatic carbocycles. The van der Waals surface area contributed by atoms with Crippen molar-refractivity contribution >= 4 is 44.6 Å². The van der Waals surface area contributed by atoms with Crippen LogP contribution in [0.1, 0.15) is 12.0 Å². The molecule has 2 aromatic rings. The van der Waals surface area contributed by atoms with E-state index in [1.54, 1.807) is 11.4 Å². The van der Waals surface area contributed by atoms with Gasteiger partial charge in [0.1, 0.15) is 0 Å². The van der Waals surface area contributed by atoms with Gasteiger partial charge >= 0.3 is 0 Å². The number of alkyl halides is 2. The molecular formula is C9H4Cl2F2S. The summed E-state index contributed by atoms with van der Waals surface area (Å²) in [5, 5.41) is 2.72. The molecule has 1 heterocycles. The molecule has 0 aliphatic carbocycles. The molecule has 1 aromatic heterocycles. The molecule has 0 bridgehead atoms. The van der Waals surface area contributed by atoms with Gasteiger partial charge in [0.25, 0.3) is 6.43 Å². The fraction of sp³-hybridized carbons (Fsp3) is 0.111. The average Bonchev–Trinajstić information content (AvgIpc) is 2.46. The maximum Gasteiger partial charge on any atom is 0.264 e. The SMILES string of the molecule is FC(F)c1cc(Cl)cc2scc(Cl)c12.